The van der Waals surface area contributed by atoms with E-state index in [2.05, 4.69) is 12.2 Å². The maximum absolute atomic E-state index is 12.6. The second-order valence-corrected chi connectivity index (χ2v) is 8.81. The first-order chi connectivity index (χ1) is 13.4. The molecule has 8 nitrogen and oxygen atoms in total. The van der Waals surface area contributed by atoms with Crippen LogP contribution in [-0.4, -0.2) is 55.1 Å². The highest BCUT2D eigenvalue weighted by Crippen LogP contribution is 2.25. The molecule has 1 amide bonds. The van der Waals surface area contributed by atoms with Gasteiger partial charge in [-0.1, -0.05) is 33.6 Å². The minimum atomic E-state index is -1.00. The molecule has 0 aliphatic carbocycles. The Morgan fingerprint density at radius 3 is 2.45 bits per heavy atom. The molecule has 0 spiro atoms. The van der Waals surface area contributed by atoms with Gasteiger partial charge in [0.2, 0.25) is 0 Å². The Hall–Kier alpha value is -1.83. The van der Waals surface area contributed by atoms with Gasteiger partial charge >= 0.3 is 18.0 Å². The molecule has 1 heterocycles. The number of esters is 2. The quantitative estimate of drug-likeness (QED) is 0.525. The third-order valence-corrected chi connectivity index (χ3v) is 4.55. The van der Waals surface area contributed by atoms with E-state index in [1.807, 2.05) is 0 Å². The fourth-order valence-corrected chi connectivity index (χ4v) is 2.97. The zero-order valence-corrected chi connectivity index (χ0v) is 18.8. The van der Waals surface area contributed by atoms with E-state index >= 15 is 0 Å². The van der Waals surface area contributed by atoms with Crippen molar-refractivity contribution in [3.63, 3.8) is 0 Å². The van der Waals surface area contributed by atoms with E-state index in [1.165, 1.54) is 0 Å². The molecule has 0 bridgehead atoms. The Bertz CT molecular complexity index is 556. The van der Waals surface area contributed by atoms with Crippen molar-refractivity contribution in [2.24, 2.45) is 11.8 Å². The SMILES string of the molecule is CCCCC1C(C)OC(=O)C(NC(=O)OC(C)(C)C)COCC1OC(=O)C(C)C. The lowest BCUT2D eigenvalue weighted by molar-refractivity contribution is -0.165. The predicted octanol–water partition coefficient (Wildman–Crippen LogP) is 3.22. The molecule has 0 aromatic heterocycles. The van der Waals surface area contributed by atoms with Crippen LogP contribution in [-0.2, 0) is 28.5 Å². The molecule has 0 aromatic rings. The summed E-state index contributed by atoms with van der Waals surface area (Å²) in [5.74, 6) is -1.38. The first-order valence-corrected chi connectivity index (χ1v) is 10.4. The number of alkyl carbamates (subject to hydrolysis) is 1. The largest absolute Gasteiger partial charge is 0.461 e. The van der Waals surface area contributed by atoms with Gasteiger partial charge in [0.25, 0.3) is 0 Å². The van der Waals surface area contributed by atoms with Crippen LogP contribution >= 0.6 is 0 Å². The van der Waals surface area contributed by atoms with E-state index in [0.29, 0.717) is 0 Å². The van der Waals surface area contributed by atoms with Crippen molar-refractivity contribution in [1.29, 1.82) is 0 Å². The number of rotatable bonds is 6. The Morgan fingerprint density at radius 1 is 1.24 bits per heavy atom. The van der Waals surface area contributed by atoms with Crippen LogP contribution in [0, 0.1) is 11.8 Å². The molecule has 0 aromatic carbocycles. The molecular weight excluding hydrogens is 378 g/mol. The monoisotopic (exact) mass is 415 g/mol. The summed E-state index contributed by atoms with van der Waals surface area (Å²) in [5.41, 5.74) is -0.692. The number of amides is 1. The molecule has 29 heavy (non-hydrogen) atoms. The van der Waals surface area contributed by atoms with E-state index in [1.54, 1.807) is 41.5 Å². The van der Waals surface area contributed by atoms with Gasteiger partial charge in [-0.05, 0) is 34.1 Å². The zero-order chi connectivity index (χ0) is 22.2. The first-order valence-electron chi connectivity index (χ1n) is 10.4. The summed E-state index contributed by atoms with van der Waals surface area (Å²) in [6.45, 7) is 12.6. The highest BCUT2D eigenvalue weighted by Gasteiger charge is 2.37. The van der Waals surface area contributed by atoms with Crippen LogP contribution in [0.15, 0.2) is 0 Å². The lowest BCUT2D eigenvalue weighted by Crippen LogP contribution is -2.47. The highest BCUT2D eigenvalue weighted by molar-refractivity contribution is 5.81. The van der Waals surface area contributed by atoms with Gasteiger partial charge in [-0.2, -0.15) is 0 Å². The number of cyclic esters (lactones) is 1. The van der Waals surface area contributed by atoms with Gasteiger partial charge in [-0.15, -0.1) is 0 Å². The van der Waals surface area contributed by atoms with Crippen molar-refractivity contribution in [1.82, 2.24) is 5.32 Å². The maximum Gasteiger partial charge on any atom is 0.408 e. The van der Waals surface area contributed by atoms with Gasteiger partial charge in [0, 0.05) is 5.92 Å². The topological polar surface area (TPSA) is 100 Å². The molecule has 1 fully saturated rings. The average Bonchev–Trinajstić information content (AvgIpc) is 2.62. The average molecular weight is 416 g/mol. The Labute approximate surface area is 174 Å². The second-order valence-electron chi connectivity index (χ2n) is 8.81. The summed E-state index contributed by atoms with van der Waals surface area (Å²) < 4.78 is 22.2. The van der Waals surface area contributed by atoms with Gasteiger partial charge in [0.1, 0.15) is 17.8 Å². The first kappa shape index (κ1) is 25.2. The van der Waals surface area contributed by atoms with Crippen LogP contribution < -0.4 is 5.32 Å². The van der Waals surface area contributed by atoms with Crippen LogP contribution in [0.2, 0.25) is 0 Å². The van der Waals surface area contributed by atoms with Gasteiger partial charge in [-0.25, -0.2) is 9.59 Å². The Kier molecular flexibility index (Phi) is 9.89. The van der Waals surface area contributed by atoms with Crippen LogP contribution in [0.25, 0.3) is 0 Å². The molecule has 8 heteroatoms. The van der Waals surface area contributed by atoms with Crippen molar-refractivity contribution in [2.75, 3.05) is 13.2 Å². The number of nitrogens with one attached hydrogen (secondary N) is 1. The summed E-state index contributed by atoms with van der Waals surface area (Å²) in [6, 6.07) is -1.00. The fraction of sp³-hybridized carbons (Fsp3) is 0.857. The molecule has 168 valence electrons. The summed E-state index contributed by atoms with van der Waals surface area (Å²) in [7, 11) is 0. The molecule has 0 saturated carbocycles. The Balaban J connectivity index is 2.93. The summed E-state index contributed by atoms with van der Waals surface area (Å²) in [4.78, 5) is 36.8. The zero-order valence-electron chi connectivity index (χ0n) is 18.8. The molecule has 1 aliphatic rings. The number of unbranched alkanes of at least 4 members (excludes halogenated alkanes) is 1. The van der Waals surface area contributed by atoms with E-state index in [-0.39, 0.29) is 31.0 Å². The second kappa shape index (κ2) is 11.4. The van der Waals surface area contributed by atoms with E-state index in [9.17, 15) is 14.4 Å². The van der Waals surface area contributed by atoms with E-state index in [4.69, 9.17) is 18.9 Å². The summed E-state index contributed by atoms with van der Waals surface area (Å²) in [6.07, 6.45) is 0.852. The maximum atomic E-state index is 12.6. The third kappa shape index (κ3) is 9.02. The molecule has 1 rings (SSSR count). The number of carbonyl (C=O) groups is 3. The van der Waals surface area contributed by atoms with Gasteiger partial charge < -0.3 is 24.3 Å². The molecule has 1 aliphatic heterocycles. The molecule has 0 radical (unpaired) electrons. The van der Waals surface area contributed by atoms with E-state index < -0.39 is 35.9 Å². The third-order valence-electron chi connectivity index (χ3n) is 4.55. The normalized spacial score (nSPS) is 26.0. The number of ether oxygens (including phenoxy) is 4. The van der Waals surface area contributed by atoms with E-state index in [0.717, 1.165) is 19.3 Å². The lowest BCUT2D eigenvalue weighted by atomic mass is 9.91. The molecular formula is C21H37NO7. The van der Waals surface area contributed by atoms with Crippen LogP contribution in [0.1, 0.15) is 67.7 Å². The van der Waals surface area contributed by atoms with Crippen molar-refractivity contribution in [2.45, 2.75) is 91.6 Å². The van der Waals surface area contributed by atoms with Gasteiger partial charge in [0.05, 0.1) is 19.1 Å². The lowest BCUT2D eigenvalue weighted by Gasteiger charge is -2.30. The van der Waals surface area contributed by atoms with Crippen molar-refractivity contribution in [3.05, 3.63) is 0 Å². The molecule has 4 atom stereocenters. The number of carbonyl (C=O) groups excluding carboxylic acids is 3. The van der Waals surface area contributed by atoms with Crippen molar-refractivity contribution < 1.29 is 33.3 Å². The molecule has 1 N–H and O–H groups in total. The Morgan fingerprint density at radius 2 is 1.90 bits per heavy atom. The van der Waals surface area contributed by atoms with Crippen LogP contribution in [0.5, 0.6) is 0 Å². The standard InChI is InChI=1S/C21H37NO7/c1-8-9-10-15-14(4)27-19(24)16(22-20(25)29-21(5,6)7)11-26-12-17(15)28-18(23)13(2)3/h13-17H,8-12H2,1-7H3,(H,22,25). The van der Waals surface area contributed by atoms with Crippen LogP contribution in [0.3, 0.4) is 0 Å². The van der Waals surface area contributed by atoms with Crippen molar-refractivity contribution in [3.8, 4) is 0 Å². The minimum Gasteiger partial charge on any atom is -0.461 e. The molecule has 1 saturated heterocycles. The predicted molar refractivity (Wildman–Crippen MR) is 107 cm³/mol. The van der Waals surface area contributed by atoms with Gasteiger partial charge in [0.15, 0.2) is 6.04 Å². The highest BCUT2D eigenvalue weighted by atomic mass is 16.6. The number of hydrogen-bond acceptors (Lipinski definition) is 7. The fourth-order valence-electron chi connectivity index (χ4n) is 2.97. The summed E-state index contributed by atoms with van der Waals surface area (Å²) >= 11 is 0. The summed E-state index contributed by atoms with van der Waals surface area (Å²) in [5, 5.41) is 2.50. The van der Waals surface area contributed by atoms with Crippen molar-refractivity contribution >= 4 is 18.0 Å². The molecule has 4 unspecified atom stereocenters. The van der Waals surface area contributed by atoms with Gasteiger partial charge in [-0.3, -0.25) is 4.79 Å². The number of hydrogen-bond donors (Lipinski definition) is 1. The smallest absolute Gasteiger partial charge is 0.408 e. The van der Waals surface area contributed by atoms with Crippen LogP contribution in [0.4, 0.5) is 4.79 Å². The minimum absolute atomic E-state index is 0.0962.